The van der Waals surface area contributed by atoms with Gasteiger partial charge in [0.15, 0.2) is 0 Å². The van der Waals surface area contributed by atoms with Crippen LogP contribution in [-0.2, 0) is 28.3 Å². The summed E-state index contributed by atoms with van der Waals surface area (Å²) in [5.41, 5.74) is 4.43. The highest BCUT2D eigenvalue weighted by Crippen LogP contribution is 2.37. The Morgan fingerprint density at radius 1 is 0.947 bits per heavy atom. The summed E-state index contributed by atoms with van der Waals surface area (Å²) < 4.78 is 38.8. The Morgan fingerprint density at radius 2 is 1.58 bits per heavy atom. The largest absolute Gasteiger partial charge is 0.507 e. The Labute approximate surface area is 224 Å². The molecule has 0 aliphatic heterocycles. The zero-order valence-corrected chi connectivity index (χ0v) is 23.7. The van der Waals surface area contributed by atoms with E-state index in [4.69, 9.17) is 0 Å². The minimum atomic E-state index is -4.37. The summed E-state index contributed by atoms with van der Waals surface area (Å²) in [7, 11) is 3.61. The molecule has 2 N–H and O–H groups in total. The molecule has 0 aliphatic carbocycles. The first-order valence-corrected chi connectivity index (χ1v) is 12.6. The molecule has 0 saturated heterocycles. The van der Waals surface area contributed by atoms with Crippen molar-refractivity contribution < 1.29 is 23.1 Å². The molecular formula is C29H41F3N4O2. The SMILES string of the molecule is CN(CCN(C)Cc1cccc(C(F)(F)F)c1)CC(=O)N/N=C/c1cc(C(C)(C)C)cc(C(C)(C)C)c1O. The van der Waals surface area contributed by atoms with Crippen LogP contribution in [0, 0.1) is 0 Å². The zero-order chi connectivity index (χ0) is 28.9. The fourth-order valence-electron chi connectivity index (χ4n) is 3.87. The maximum atomic E-state index is 12.9. The third-order valence-electron chi connectivity index (χ3n) is 6.19. The van der Waals surface area contributed by atoms with E-state index >= 15 is 0 Å². The fourth-order valence-corrected chi connectivity index (χ4v) is 3.87. The van der Waals surface area contributed by atoms with E-state index < -0.39 is 11.7 Å². The van der Waals surface area contributed by atoms with Crippen molar-refractivity contribution in [1.29, 1.82) is 0 Å². The van der Waals surface area contributed by atoms with E-state index in [-0.39, 0.29) is 29.0 Å². The van der Waals surface area contributed by atoms with Gasteiger partial charge in [-0.15, -0.1) is 0 Å². The summed E-state index contributed by atoms with van der Waals surface area (Å²) in [6, 6.07) is 9.19. The molecule has 0 radical (unpaired) electrons. The monoisotopic (exact) mass is 534 g/mol. The van der Waals surface area contributed by atoms with Gasteiger partial charge in [-0.2, -0.15) is 18.3 Å². The van der Waals surface area contributed by atoms with Gasteiger partial charge < -0.3 is 10.0 Å². The van der Waals surface area contributed by atoms with Gasteiger partial charge in [0.1, 0.15) is 5.75 Å². The number of carbonyl (C=O) groups excluding carboxylic acids is 1. The third-order valence-corrected chi connectivity index (χ3v) is 6.19. The number of hydrazone groups is 1. The number of rotatable bonds is 9. The summed E-state index contributed by atoms with van der Waals surface area (Å²) in [5, 5.41) is 14.9. The number of amides is 1. The number of phenolic OH excluding ortho intramolecular Hbond substituents is 1. The van der Waals surface area contributed by atoms with E-state index in [1.807, 2.05) is 49.8 Å². The second-order valence-corrected chi connectivity index (χ2v) is 11.9. The van der Waals surface area contributed by atoms with Crippen molar-refractivity contribution >= 4 is 12.1 Å². The van der Waals surface area contributed by atoms with Gasteiger partial charge in [-0.1, -0.05) is 65.8 Å². The Morgan fingerprint density at radius 3 is 2.16 bits per heavy atom. The molecule has 6 nitrogen and oxygen atoms in total. The molecular weight excluding hydrogens is 493 g/mol. The molecule has 0 unspecified atom stereocenters. The van der Waals surface area contributed by atoms with E-state index in [1.165, 1.54) is 12.3 Å². The van der Waals surface area contributed by atoms with Crippen LogP contribution in [0.25, 0.3) is 0 Å². The number of aromatic hydroxyl groups is 1. The topological polar surface area (TPSA) is 68.2 Å². The maximum absolute atomic E-state index is 12.9. The van der Waals surface area contributed by atoms with Crippen LogP contribution in [0.5, 0.6) is 5.75 Å². The number of nitrogens with zero attached hydrogens (tertiary/aromatic N) is 3. The summed E-state index contributed by atoms with van der Waals surface area (Å²) >= 11 is 0. The van der Waals surface area contributed by atoms with Gasteiger partial charge in [-0.05, 0) is 48.2 Å². The highest BCUT2D eigenvalue weighted by molar-refractivity contribution is 5.86. The molecule has 210 valence electrons. The van der Waals surface area contributed by atoms with E-state index in [2.05, 4.69) is 31.3 Å². The van der Waals surface area contributed by atoms with Crippen LogP contribution in [0.3, 0.4) is 0 Å². The minimum absolute atomic E-state index is 0.0932. The third kappa shape index (κ3) is 9.44. The van der Waals surface area contributed by atoms with E-state index in [9.17, 15) is 23.1 Å². The van der Waals surface area contributed by atoms with Crippen molar-refractivity contribution in [3.8, 4) is 5.75 Å². The molecule has 2 aromatic rings. The quantitative estimate of drug-likeness (QED) is 0.328. The van der Waals surface area contributed by atoms with Gasteiger partial charge in [0, 0.05) is 30.8 Å². The number of benzene rings is 2. The average Bonchev–Trinajstić information content (AvgIpc) is 2.77. The second-order valence-electron chi connectivity index (χ2n) is 11.9. The number of nitrogens with one attached hydrogen (secondary N) is 1. The summed E-state index contributed by atoms with van der Waals surface area (Å²) in [6.07, 6.45) is -2.91. The Balaban J connectivity index is 1.93. The van der Waals surface area contributed by atoms with Gasteiger partial charge in [-0.25, -0.2) is 5.43 Å². The second kappa shape index (κ2) is 12.3. The fraction of sp³-hybridized carbons (Fsp3) is 0.517. The molecule has 0 aromatic heterocycles. The molecule has 0 aliphatic rings. The lowest BCUT2D eigenvalue weighted by atomic mass is 9.79. The zero-order valence-electron chi connectivity index (χ0n) is 23.7. The highest BCUT2D eigenvalue weighted by Gasteiger charge is 2.30. The predicted molar refractivity (Wildman–Crippen MR) is 147 cm³/mol. The number of carbonyl (C=O) groups is 1. The first kappa shape index (κ1) is 31.3. The molecule has 0 atom stereocenters. The number of halogens is 3. The molecule has 9 heteroatoms. The van der Waals surface area contributed by atoms with Gasteiger partial charge in [-0.3, -0.25) is 9.69 Å². The molecule has 1 amide bonds. The van der Waals surface area contributed by atoms with Crippen molar-refractivity contribution in [2.75, 3.05) is 33.7 Å². The van der Waals surface area contributed by atoms with Crippen molar-refractivity contribution in [1.82, 2.24) is 15.2 Å². The smallest absolute Gasteiger partial charge is 0.416 e. The molecule has 0 spiro atoms. The lowest BCUT2D eigenvalue weighted by molar-refractivity contribution is -0.137. The lowest BCUT2D eigenvalue weighted by Crippen LogP contribution is -2.37. The van der Waals surface area contributed by atoms with E-state index in [0.717, 1.165) is 23.3 Å². The molecule has 2 rings (SSSR count). The summed E-state index contributed by atoms with van der Waals surface area (Å²) in [4.78, 5) is 16.1. The van der Waals surface area contributed by atoms with Crippen LogP contribution < -0.4 is 5.43 Å². The van der Waals surface area contributed by atoms with Crippen LogP contribution in [0.15, 0.2) is 41.5 Å². The van der Waals surface area contributed by atoms with Gasteiger partial charge in [0.25, 0.3) is 5.91 Å². The predicted octanol–water partition coefficient (Wildman–Crippen LogP) is 5.52. The lowest BCUT2D eigenvalue weighted by Gasteiger charge is -2.26. The first-order chi connectivity index (χ1) is 17.4. The molecule has 0 fully saturated rings. The summed E-state index contributed by atoms with van der Waals surface area (Å²) in [5.74, 6) is -0.170. The van der Waals surface area contributed by atoms with E-state index in [0.29, 0.717) is 30.8 Å². The van der Waals surface area contributed by atoms with Gasteiger partial charge in [0.05, 0.1) is 18.3 Å². The molecule has 0 bridgehead atoms. The van der Waals surface area contributed by atoms with Crippen molar-refractivity contribution in [2.24, 2.45) is 5.10 Å². The standard InChI is InChI=1S/C29H41F3N4O2/c1-27(2,3)23-15-21(26(38)24(16-23)28(4,5)6)17-33-34-25(37)19-36(8)13-12-35(7)18-20-10-9-11-22(14-20)29(30,31)32/h9-11,14-17,38H,12-13,18-19H2,1-8H3,(H,34,37)/b33-17+. The number of hydrogen-bond donors (Lipinski definition) is 2. The van der Waals surface area contributed by atoms with Gasteiger partial charge >= 0.3 is 6.18 Å². The maximum Gasteiger partial charge on any atom is 0.416 e. The normalized spacial score (nSPS) is 13.1. The van der Waals surface area contributed by atoms with Crippen molar-refractivity contribution in [3.05, 3.63) is 64.2 Å². The molecule has 0 heterocycles. The number of hydrogen-bond acceptors (Lipinski definition) is 5. The number of alkyl halides is 3. The Bertz CT molecular complexity index is 1130. The van der Waals surface area contributed by atoms with Crippen LogP contribution >= 0.6 is 0 Å². The number of phenols is 1. The summed E-state index contributed by atoms with van der Waals surface area (Å²) in [6.45, 7) is 13.9. The van der Waals surface area contributed by atoms with Crippen molar-refractivity contribution in [3.63, 3.8) is 0 Å². The van der Waals surface area contributed by atoms with Crippen LogP contribution in [0.4, 0.5) is 13.2 Å². The first-order valence-electron chi connectivity index (χ1n) is 12.6. The van der Waals surface area contributed by atoms with Crippen LogP contribution in [-0.4, -0.2) is 60.8 Å². The van der Waals surface area contributed by atoms with E-state index in [1.54, 1.807) is 13.1 Å². The van der Waals surface area contributed by atoms with Gasteiger partial charge in [0.2, 0.25) is 0 Å². The molecule has 2 aromatic carbocycles. The Hall–Kier alpha value is -2.91. The molecule has 38 heavy (non-hydrogen) atoms. The minimum Gasteiger partial charge on any atom is -0.507 e. The Kier molecular flexibility index (Phi) is 10.1. The van der Waals surface area contributed by atoms with Crippen molar-refractivity contribution in [2.45, 2.75) is 65.1 Å². The van der Waals surface area contributed by atoms with Crippen LogP contribution in [0.2, 0.25) is 0 Å². The highest BCUT2D eigenvalue weighted by atomic mass is 19.4. The molecule has 0 saturated carbocycles. The number of likely N-dealkylation sites (N-methyl/N-ethyl adjacent to an activating group) is 2. The average molecular weight is 535 g/mol. The van der Waals surface area contributed by atoms with Crippen LogP contribution in [0.1, 0.15) is 69.4 Å².